The lowest BCUT2D eigenvalue weighted by atomic mass is 9.44. The van der Waals surface area contributed by atoms with Gasteiger partial charge in [-0.05, 0) is 73.7 Å². The quantitative estimate of drug-likeness (QED) is 0.0999. The van der Waals surface area contributed by atoms with Crippen molar-refractivity contribution >= 4 is 52.6 Å². The molecule has 17 nitrogen and oxygen atoms in total. The highest BCUT2D eigenvalue weighted by Gasteiger charge is 2.85. The van der Waals surface area contributed by atoms with Gasteiger partial charge in [-0.25, -0.2) is 8.78 Å². The standard InChI is InChI=1S/C51H57F2N3O14S/c1-48-29-42-50(53)37(27-39(52)38-26-33(58)11-14-49(38,50)69-42)36(48)28-41-51(48,40(59)30-57)70-47(68-41)31-5-7-34(8-6-31)71-35-4-2-3-32(25-35)55-44(61)13-17-64-19-21-66-23-24-67-22-20-65-18-15-54-43(60)12-16-56-45(62)9-10-46(56)63/h2-11,14,25-26,36-37,39,41-42,47,57H,12-13,15-24,27-30H2,1H3,(H,54,60)(H,55,61)/t36?,37-,39-,41+,42-,47+,48-,49+,50-,51+/m0/s1. The molecule has 2 aromatic rings. The van der Waals surface area contributed by atoms with E-state index in [9.17, 15) is 33.9 Å². The second-order valence-corrected chi connectivity index (χ2v) is 20.0. The number of hydrogen-bond donors (Lipinski definition) is 3. The van der Waals surface area contributed by atoms with E-state index in [4.69, 9.17) is 33.2 Å². The molecule has 0 radical (unpaired) electrons. The number of aliphatic hydroxyl groups excluding tert-OH is 1. The Morgan fingerprint density at radius 3 is 2.21 bits per heavy atom. The highest BCUT2D eigenvalue weighted by atomic mass is 32.2. The maximum atomic E-state index is 17.5. The van der Waals surface area contributed by atoms with Crippen LogP contribution in [0.3, 0.4) is 0 Å². The Hall–Kier alpha value is -5.03. The summed E-state index contributed by atoms with van der Waals surface area (Å²) in [5.74, 6) is -3.70. The van der Waals surface area contributed by atoms with Crippen molar-refractivity contribution in [2.45, 2.75) is 90.4 Å². The fourth-order valence-electron chi connectivity index (χ4n) is 11.6. The topological polar surface area (TPSA) is 215 Å². The van der Waals surface area contributed by atoms with Gasteiger partial charge in [-0.15, -0.1) is 0 Å². The minimum Gasteiger partial charge on any atom is -0.388 e. The Morgan fingerprint density at radius 2 is 1.51 bits per heavy atom. The van der Waals surface area contributed by atoms with Crippen LogP contribution in [0.25, 0.3) is 0 Å². The van der Waals surface area contributed by atoms with Gasteiger partial charge < -0.3 is 48.9 Å². The minimum atomic E-state index is -1.98. The lowest BCUT2D eigenvalue weighted by Crippen LogP contribution is -2.82. The normalized spacial score (nSPS) is 31.9. The SMILES string of the molecule is C[C@]12C[C@@H]3O[C@]45C=CC(=O)C=C4[C@@H](F)C[C@@H](C1C[C@H]1O[C@@H](c4ccc(Sc6cccc(NC(=O)CCOCCOCCOCCOCCNC(=O)CCN7C(=O)C=CC7=O)c6)cc4)O[C@]12C(=O)CO)[C@]35F. The molecule has 3 heterocycles. The number of nitrogens with zero attached hydrogens (tertiary/aromatic N) is 1. The number of ketones is 2. The zero-order chi connectivity index (χ0) is 50.0. The number of nitrogens with one attached hydrogen (secondary N) is 2. The molecule has 3 N–H and O–H groups in total. The van der Waals surface area contributed by atoms with Crippen LogP contribution in [0, 0.1) is 17.3 Å². The van der Waals surface area contributed by atoms with Gasteiger partial charge in [0.1, 0.15) is 18.4 Å². The van der Waals surface area contributed by atoms with Crippen LogP contribution in [0.2, 0.25) is 0 Å². The number of halogens is 2. The first-order valence-corrected chi connectivity index (χ1v) is 24.8. The third kappa shape index (κ3) is 9.58. The maximum Gasteiger partial charge on any atom is 0.253 e. The Balaban J connectivity index is 0.660. The first-order valence-electron chi connectivity index (χ1n) is 23.9. The molecular weight excluding hydrogens is 949 g/mol. The third-order valence-electron chi connectivity index (χ3n) is 14.9. The smallest absolute Gasteiger partial charge is 0.253 e. The second kappa shape index (κ2) is 21.2. The number of alkyl halides is 2. The minimum absolute atomic E-state index is 0.0153. The number of anilines is 1. The number of carbonyl (C=O) groups excluding carboxylic acids is 6. The Labute approximate surface area is 412 Å². The number of hydrogen-bond acceptors (Lipinski definition) is 15. The molecule has 2 aromatic carbocycles. The monoisotopic (exact) mass is 1010 g/mol. The lowest BCUT2D eigenvalue weighted by molar-refractivity contribution is -0.360. The highest BCUT2D eigenvalue weighted by molar-refractivity contribution is 7.99. The number of carbonyl (C=O) groups is 6. The van der Waals surface area contributed by atoms with Gasteiger partial charge in [-0.2, -0.15) is 0 Å². The zero-order valence-corrected chi connectivity index (χ0v) is 40.0. The van der Waals surface area contributed by atoms with Crippen LogP contribution in [0.5, 0.6) is 0 Å². The van der Waals surface area contributed by atoms with Crippen LogP contribution in [0.1, 0.15) is 50.9 Å². The first kappa shape index (κ1) is 50.9. The molecule has 1 spiro atoms. The largest absolute Gasteiger partial charge is 0.388 e. The number of allylic oxidation sites excluding steroid dienone is 2. The molecule has 4 aliphatic carbocycles. The van der Waals surface area contributed by atoms with E-state index < -0.39 is 88.8 Å². The highest BCUT2D eigenvalue weighted by Crippen LogP contribution is 2.75. The summed E-state index contributed by atoms with van der Waals surface area (Å²) in [6.45, 7) is 3.85. The molecule has 4 amide bonds. The fourth-order valence-corrected chi connectivity index (χ4v) is 12.5. The summed E-state index contributed by atoms with van der Waals surface area (Å²) in [5.41, 5.74) is -5.05. The molecular formula is C51H57F2N3O14S. The van der Waals surface area contributed by atoms with Gasteiger partial charge in [0.15, 0.2) is 29.1 Å². The van der Waals surface area contributed by atoms with Crippen molar-refractivity contribution < 1.29 is 75.8 Å². The van der Waals surface area contributed by atoms with Crippen molar-refractivity contribution in [3.8, 4) is 0 Å². The number of Topliss-reactive ketones (excluding diaryl/α,β-unsaturated/α-hetero) is 1. The van der Waals surface area contributed by atoms with Crippen LogP contribution in [0.15, 0.2) is 94.3 Å². The van der Waals surface area contributed by atoms with Gasteiger partial charge in [0, 0.05) is 69.6 Å². The van der Waals surface area contributed by atoms with Crippen LogP contribution in [0.4, 0.5) is 14.5 Å². The average molecular weight is 1010 g/mol. The summed E-state index contributed by atoms with van der Waals surface area (Å²) in [6, 6.07) is 14.9. The molecule has 5 fully saturated rings. The fraction of sp³-hybridized carbons (Fsp3) is 0.529. The number of rotatable bonds is 24. The number of ether oxygens (including phenoxy) is 7. The predicted octanol–water partition coefficient (Wildman–Crippen LogP) is 4.08. The van der Waals surface area contributed by atoms with Crippen molar-refractivity contribution in [1.29, 1.82) is 0 Å². The number of imide groups is 1. The molecule has 0 aromatic heterocycles. The van der Waals surface area contributed by atoms with Crippen LogP contribution in [-0.2, 0) is 61.9 Å². The molecule has 7 aliphatic rings. The first-order chi connectivity index (χ1) is 34.2. The van der Waals surface area contributed by atoms with E-state index in [0.29, 0.717) is 50.9 Å². The summed E-state index contributed by atoms with van der Waals surface area (Å²) in [6.07, 6.45) is 2.03. The van der Waals surface area contributed by atoms with Gasteiger partial charge >= 0.3 is 0 Å². The van der Waals surface area contributed by atoms with Crippen LogP contribution in [-0.4, -0.2) is 153 Å². The zero-order valence-electron chi connectivity index (χ0n) is 39.1. The number of fused-ring (bicyclic) bond motifs is 4. The van der Waals surface area contributed by atoms with E-state index in [0.717, 1.165) is 20.8 Å². The number of amides is 4. The van der Waals surface area contributed by atoms with E-state index in [1.165, 1.54) is 36.1 Å². The number of aliphatic hydroxyl groups is 1. The average Bonchev–Trinajstić information content (AvgIpc) is 3.98. The second-order valence-electron chi connectivity index (χ2n) is 18.8. The van der Waals surface area contributed by atoms with Crippen molar-refractivity contribution in [1.82, 2.24) is 10.2 Å². The Morgan fingerprint density at radius 1 is 0.817 bits per heavy atom. The maximum absolute atomic E-state index is 17.5. The summed E-state index contributed by atoms with van der Waals surface area (Å²) in [7, 11) is 0. The molecule has 3 aliphatic heterocycles. The van der Waals surface area contributed by atoms with Gasteiger partial charge in [-0.3, -0.25) is 33.7 Å². The molecule has 71 heavy (non-hydrogen) atoms. The summed E-state index contributed by atoms with van der Waals surface area (Å²) >= 11 is 1.47. The van der Waals surface area contributed by atoms with Gasteiger partial charge in [-0.1, -0.05) is 36.9 Å². The van der Waals surface area contributed by atoms with E-state index in [-0.39, 0.29) is 75.8 Å². The van der Waals surface area contributed by atoms with Crippen molar-refractivity contribution in [2.75, 3.05) is 77.9 Å². The van der Waals surface area contributed by atoms with Gasteiger partial charge in [0.2, 0.25) is 11.8 Å². The molecule has 380 valence electrons. The van der Waals surface area contributed by atoms with E-state index in [2.05, 4.69) is 10.6 Å². The predicted molar refractivity (Wildman–Crippen MR) is 248 cm³/mol. The van der Waals surface area contributed by atoms with Crippen LogP contribution >= 0.6 is 11.8 Å². The van der Waals surface area contributed by atoms with Crippen LogP contribution < -0.4 is 10.6 Å². The molecule has 0 bridgehead atoms. The van der Waals surface area contributed by atoms with E-state index in [1.807, 2.05) is 49.4 Å². The van der Waals surface area contributed by atoms with Crippen molar-refractivity contribution in [3.05, 3.63) is 90.0 Å². The summed E-state index contributed by atoms with van der Waals surface area (Å²) < 4.78 is 74.8. The molecule has 3 saturated carbocycles. The lowest BCUT2D eigenvalue weighted by Gasteiger charge is -2.71. The van der Waals surface area contributed by atoms with E-state index in [1.54, 1.807) is 6.07 Å². The molecule has 1 unspecified atom stereocenters. The molecule has 20 heteroatoms. The van der Waals surface area contributed by atoms with Gasteiger partial charge in [0.05, 0.1) is 71.5 Å². The molecule has 9 rings (SSSR count). The van der Waals surface area contributed by atoms with Crippen molar-refractivity contribution in [3.63, 3.8) is 0 Å². The Bertz CT molecular complexity index is 2470. The molecule has 2 saturated heterocycles. The third-order valence-corrected chi connectivity index (χ3v) is 15.9. The van der Waals surface area contributed by atoms with E-state index >= 15 is 8.78 Å². The summed E-state index contributed by atoms with van der Waals surface area (Å²) in [5, 5.41) is 15.9. The van der Waals surface area contributed by atoms with Crippen molar-refractivity contribution in [2.24, 2.45) is 17.3 Å². The summed E-state index contributed by atoms with van der Waals surface area (Å²) in [4.78, 5) is 76.5. The van der Waals surface area contributed by atoms with Gasteiger partial charge in [0.25, 0.3) is 11.8 Å². The Kier molecular flexibility index (Phi) is 15.2. The molecule has 10 atom stereocenters. The number of benzene rings is 2.